The highest BCUT2D eigenvalue weighted by Crippen LogP contribution is 2.40. The molecule has 0 heterocycles. The third-order valence-corrected chi connectivity index (χ3v) is 5.05. The number of hydrogen-bond donors (Lipinski definition) is 1. The first kappa shape index (κ1) is 22.9. The van der Waals surface area contributed by atoms with Crippen LogP contribution in [-0.4, -0.2) is 38.3 Å². The molecule has 3 rings (SSSR count). The van der Waals surface area contributed by atoms with Crippen LogP contribution >= 0.6 is 0 Å². The third kappa shape index (κ3) is 6.12. The van der Waals surface area contributed by atoms with Crippen LogP contribution in [0.25, 0.3) is 0 Å². The molecule has 0 saturated heterocycles. The van der Waals surface area contributed by atoms with Crippen LogP contribution in [-0.2, 0) is 19.8 Å². The van der Waals surface area contributed by atoms with Gasteiger partial charge in [-0.1, -0.05) is 103 Å². The van der Waals surface area contributed by atoms with Crippen molar-refractivity contribution in [3.8, 4) is 0 Å². The van der Waals surface area contributed by atoms with E-state index in [1.54, 1.807) is 19.3 Å². The first-order valence-corrected chi connectivity index (χ1v) is 10.5. The van der Waals surface area contributed by atoms with Crippen molar-refractivity contribution in [3.05, 3.63) is 120 Å². The van der Waals surface area contributed by atoms with Gasteiger partial charge in [0.15, 0.2) is 0 Å². The van der Waals surface area contributed by atoms with Gasteiger partial charge in [0.05, 0.1) is 19.3 Å². The van der Waals surface area contributed by atoms with Gasteiger partial charge < -0.3 is 19.3 Å². The van der Waals surface area contributed by atoms with Crippen LogP contribution in [0, 0.1) is 0 Å². The molecule has 0 aliphatic rings. The van der Waals surface area contributed by atoms with Gasteiger partial charge in [0.2, 0.25) is 0 Å². The van der Waals surface area contributed by atoms with Gasteiger partial charge in [-0.2, -0.15) is 0 Å². The van der Waals surface area contributed by atoms with E-state index in [4.69, 9.17) is 14.2 Å². The van der Waals surface area contributed by atoms with Gasteiger partial charge in [-0.25, -0.2) is 0 Å². The molecule has 0 aliphatic heterocycles. The summed E-state index contributed by atoms with van der Waals surface area (Å²) in [5, 5.41) is 10.4. The fourth-order valence-corrected chi connectivity index (χ4v) is 3.61. The van der Waals surface area contributed by atoms with Crippen molar-refractivity contribution >= 4 is 0 Å². The van der Waals surface area contributed by atoms with Crippen molar-refractivity contribution < 1.29 is 19.3 Å². The van der Waals surface area contributed by atoms with Crippen molar-refractivity contribution in [1.29, 1.82) is 0 Å². The number of rotatable bonds is 12. The zero-order chi connectivity index (χ0) is 21.8. The average Bonchev–Trinajstić information content (AvgIpc) is 2.83. The smallest absolute Gasteiger partial charge is 0.146 e. The van der Waals surface area contributed by atoms with Gasteiger partial charge in [-0.3, -0.25) is 0 Å². The average molecular weight is 419 g/mol. The first-order valence-electron chi connectivity index (χ1n) is 10.5. The summed E-state index contributed by atoms with van der Waals surface area (Å²) in [5.74, 6) is 0. The molecule has 0 bridgehead atoms. The summed E-state index contributed by atoms with van der Waals surface area (Å²) in [7, 11) is 1.58. The van der Waals surface area contributed by atoms with E-state index in [9.17, 15) is 5.11 Å². The monoisotopic (exact) mass is 418 g/mol. The molecular weight excluding hydrogens is 388 g/mol. The minimum absolute atomic E-state index is 0.233. The summed E-state index contributed by atoms with van der Waals surface area (Å²) in [4.78, 5) is 0. The van der Waals surface area contributed by atoms with E-state index in [-0.39, 0.29) is 6.79 Å². The molecule has 162 valence electrons. The Kier molecular flexibility index (Phi) is 9.00. The van der Waals surface area contributed by atoms with E-state index in [0.29, 0.717) is 19.6 Å². The zero-order valence-corrected chi connectivity index (χ0v) is 17.9. The lowest BCUT2D eigenvalue weighted by atomic mass is 9.80. The molecular formula is C27H30O4. The fourth-order valence-electron chi connectivity index (χ4n) is 3.61. The van der Waals surface area contributed by atoms with Gasteiger partial charge in [0, 0.05) is 13.5 Å². The van der Waals surface area contributed by atoms with Crippen LogP contribution in [0.1, 0.15) is 23.1 Å². The van der Waals surface area contributed by atoms with Crippen LogP contribution in [0.2, 0.25) is 0 Å². The molecule has 0 fully saturated rings. The van der Waals surface area contributed by atoms with Crippen molar-refractivity contribution in [1.82, 2.24) is 0 Å². The van der Waals surface area contributed by atoms with Crippen LogP contribution in [0.4, 0.5) is 0 Å². The lowest BCUT2D eigenvalue weighted by molar-refractivity contribution is -0.0191. The molecule has 0 aromatic heterocycles. The largest absolute Gasteiger partial charge is 0.389 e. The molecule has 0 amide bonds. The zero-order valence-electron chi connectivity index (χ0n) is 17.9. The molecule has 4 heteroatoms. The standard InChI is InChI=1S/C27H30O4/c1-29-22-30-20-11-18-26(28)19-21-31-27(23-12-5-2-6-13-23,24-14-7-3-8-15-24)25-16-9-4-10-17-25/h2-18,26,28H,19-22H2,1H3/b18-11+/t26-/m1/s1. The van der Waals surface area contributed by atoms with Gasteiger partial charge in [0.25, 0.3) is 0 Å². The van der Waals surface area contributed by atoms with Gasteiger partial charge in [-0.15, -0.1) is 0 Å². The Bertz CT molecular complexity index is 798. The normalized spacial score (nSPS) is 12.8. The van der Waals surface area contributed by atoms with E-state index in [2.05, 4.69) is 36.4 Å². The van der Waals surface area contributed by atoms with Crippen molar-refractivity contribution in [2.75, 3.05) is 27.1 Å². The molecule has 1 atom stereocenters. The predicted octanol–water partition coefficient (Wildman–Crippen LogP) is 4.92. The molecule has 4 nitrogen and oxygen atoms in total. The van der Waals surface area contributed by atoms with Gasteiger partial charge >= 0.3 is 0 Å². The lowest BCUT2D eigenvalue weighted by Gasteiger charge is -2.36. The van der Waals surface area contributed by atoms with Crippen molar-refractivity contribution in [2.24, 2.45) is 0 Å². The second kappa shape index (κ2) is 12.2. The molecule has 3 aromatic carbocycles. The van der Waals surface area contributed by atoms with E-state index in [1.165, 1.54) is 0 Å². The molecule has 0 saturated carbocycles. The highest BCUT2D eigenvalue weighted by atomic mass is 16.7. The molecule has 0 unspecified atom stereocenters. The van der Waals surface area contributed by atoms with Crippen molar-refractivity contribution in [2.45, 2.75) is 18.1 Å². The highest BCUT2D eigenvalue weighted by molar-refractivity contribution is 5.47. The molecule has 0 spiro atoms. The van der Waals surface area contributed by atoms with Crippen molar-refractivity contribution in [3.63, 3.8) is 0 Å². The fraction of sp³-hybridized carbons (Fsp3) is 0.259. The van der Waals surface area contributed by atoms with Crippen LogP contribution in [0.15, 0.2) is 103 Å². The van der Waals surface area contributed by atoms with Crippen LogP contribution in [0.3, 0.4) is 0 Å². The Hall–Kier alpha value is -2.76. The number of methoxy groups -OCH3 is 1. The summed E-state index contributed by atoms with van der Waals surface area (Å²) in [6.45, 7) is 1.01. The van der Waals surface area contributed by atoms with E-state index >= 15 is 0 Å². The highest BCUT2D eigenvalue weighted by Gasteiger charge is 2.37. The topological polar surface area (TPSA) is 47.9 Å². The Morgan fingerprint density at radius 1 is 0.806 bits per heavy atom. The lowest BCUT2D eigenvalue weighted by Crippen LogP contribution is -2.33. The van der Waals surface area contributed by atoms with E-state index in [1.807, 2.05) is 54.6 Å². The van der Waals surface area contributed by atoms with Crippen LogP contribution in [0.5, 0.6) is 0 Å². The SMILES string of the molecule is COCOC/C=C/[C@@H](O)CCOC(c1ccccc1)(c1ccccc1)c1ccccc1. The quantitative estimate of drug-likeness (QED) is 0.196. The molecule has 31 heavy (non-hydrogen) atoms. The summed E-state index contributed by atoms with van der Waals surface area (Å²) in [5.41, 5.74) is 2.37. The van der Waals surface area contributed by atoms with Gasteiger partial charge in [-0.05, 0) is 16.7 Å². The summed E-state index contributed by atoms with van der Waals surface area (Å²) >= 11 is 0. The second-order valence-corrected chi connectivity index (χ2v) is 7.19. The number of hydrogen-bond acceptors (Lipinski definition) is 4. The summed E-state index contributed by atoms with van der Waals surface area (Å²) in [6.07, 6.45) is 3.37. The maximum absolute atomic E-state index is 10.4. The molecule has 0 aliphatic carbocycles. The Labute approximate surface area is 184 Å². The Balaban J connectivity index is 1.85. The number of benzene rings is 3. The van der Waals surface area contributed by atoms with E-state index < -0.39 is 11.7 Å². The van der Waals surface area contributed by atoms with Crippen LogP contribution < -0.4 is 0 Å². The van der Waals surface area contributed by atoms with E-state index in [0.717, 1.165) is 16.7 Å². The second-order valence-electron chi connectivity index (χ2n) is 7.19. The molecule has 1 N–H and O–H groups in total. The Morgan fingerprint density at radius 3 is 1.74 bits per heavy atom. The minimum atomic E-state index is -0.769. The van der Waals surface area contributed by atoms with Gasteiger partial charge in [0.1, 0.15) is 12.4 Å². The summed E-state index contributed by atoms with van der Waals surface area (Å²) < 4.78 is 16.7. The predicted molar refractivity (Wildman–Crippen MR) is 123 cm³/mol. The third-order valence-electron chi connectivity index (χ3n) is 5.05. The number of ether oxygens (including phenoxy) is 3. The summed E-state index contributed by atoms with van der Waals surface area (Å²) in [6, 6.07) is 30.7. The Morgan fingerprint density at radius 2 is 1.29 bits per heavy atom. The molecule has 3 aromatic rings. The maximum atomic E-state index is 10.4. The maximum Gasteiger partial charge on any atom is 0.146 e. The first-order chi connectivity index (χ1) is 15.3. The number of aliphatic hydroxyl groups is 1. The minimum Gasteiger partial charge on any atom is -0.389 e. The molecule has 0 radical (unpaired) electrons. The number of aliphatic hydroxyl groups excluding tert-OH is 1.